The van der Waals surface area contributed by atoms with Crippen LogP contribution in [-0.4, -0.2) is 31.0 Å². The van der Waals surface area contributed by atoms with Gasteiger partial charge in [-0.05, 0) is 6.92 Å². The van der Waals surface area contributed by atoms with Crippen molar-refractivity contribution >= 4 is 5.91 Å². The lowest BCUT2D eigenvalue weighted by Crippen LogP contribution is -2.27. The number of aliphatic hydroxyl groups is 1. The van der Waals surface area contributed by atoms with Crippen LogP contribution in [0.1, 0.15) is 6.92 Å². The highest BCUT2D eigenvalue weighted by Crippen LogP contribution is 1.84. The molecule has 0 aromatic rings. The minimum atomic E-state index is -0.317. The lowest BCUT2D eigenvalue weighted by Gasteiger charge is -2.03. The zero-order valence-electron chi connectivity index (χ0n) is 6.59. The summed E-state index contributed by atoms with van der Waals surface area (Å²) in [6.45, 7) is 5.47. The van der Waals surface area contributed by atoms with E-state index in [-0.39, 0.29) is 12.7 Å². The normalized spacial score (nSPS) is 9.27. The minimum absolute atomic E-state index is 0.188. The van der Waals surface area contributed by atoms with Crippen LogP contribution in [0.2, 0.25) is 0 Å². The summed E-state index contributed by atoms with van der Waals surface area (Å²) in [6.07, 6.45) is 0. The number of carbonyl (C=O) groups excluding carboxylic acids is 1. The first-order valence-electron chi connectivity index (χ1n) is 3.30. The van der Waals surface area contributed by atoms with Crippen LogP contribution in [0.3, 0.4) is 0 Å². The summed E-state index contributed by atoms with van der Waals surface area (Å²) >= 11 is 0. The van der Waals surface area contributed by atoms with Crippen molar-refractivity contribution in [2.75, 3.05) is 19.9 Å². The molecule has 4 heteroatoms. The van der Waals surface area contributed by atoms with Gasteiger partial charge in [-0.2, -0.15) is 0 Å². The van der Waals surface area contributed by atoms with Gasteiger partial charge in [-0.15, -0.1) is 0 Å². The molecule has 1 amide bonds. The van der Waals surface area contributed by atoms with Gasteiger partial charge in [-0.25, -0.2) is 0 Å². The second kappa shape index (κ2) is 5.88. The van der Waals surface area contributed by atoms with E-state index >= 15 is 0 Å². The monoisotopic (exact) mass is 159 g/mol. The fourth-order valence-corrected chi connectivity index (χ4v) is 0.452. The Morgan fingerprint density at radius 1 is 1.73 bits per heavy atom. The number of amides is 1. The van der Waals surface area contributed by atoms with Gasteiger partial charge >= 0.3 is 0 Å². The van der Waals surface area contributed by atoms with Gasteiger partial charge in [0.05, 0.1) is 6.61 Å². The smallest absolute Gasteiger partial charge is 0.246 e. The van der Waals surface area contributed by atoms with Gasteiger partial charge in [0.2, 0.25) is 5.91 Å². The summed E-state index contributed by atoms with van der Waals surface area (Å²) in [5.74, 6) is -0.188. The van der Waals surface area contributed by atoms with Crippen LogP contribution < -0.4 is 5.32 Å². The minimum Gasteiger partial charge on any atom is -0.371 e. The van der Waals surface area contributed by atoms with Crippen LogP contribution in [0.4, 0.5) is 0 Å². The Morgan fingerprint density at radius 3 is 2.82 bits per heavy atom. The van der Waals surface area contributed by atoms with Crippen LogP contribution in [0.5, 0.6) is 0 Å². The van der Waals surface area contributed by atoms with E-state index in [9.17, 15) is 4.79 Å². The maximum Gasteiger partial charge on any atom is 0.246 e. The Bertz CT molecular complexity index is 145. The molecule has 0 spiro atoms. The van der Waals surface area contributed by atoms with Crippen LogP contribution >= 0.6 is 0 Å². The third-order valence-electron chi connectivity index (χ3n) is 1.01. The van der Waals surface area contributed by atoms with E-state index in [0.29, 0.717) is 18.7 Å². The first-order valence-corrected chi connectivity index (χ1v) is 3.30. The van der Waals surface area contributed by atoms with E-state index in [1.807, 2.05) is 0 Å². The van der Waals surface area contributed by atoms with E-state index in [1.165, 1.54) is 0 Å². The number of ether oxygens (including phenoxy) is 1. The Balaban J connectivity index is 3.25. The van der Waals surface area contributed by atoms with Crippen LogP contribution in [0.15, 0.2) is 12.2 Å². The zero-order chi connectivity index (χ0) is 8.69. The molecule has 0 heterocycles. The molecule has 2 N–H and O–H groups in total. The molecule has 0 aromatic heterocycles. The van der Waals surface area contributed by atoms with Crippen LogP contribution in [0.25, 0.3) is 0 Å². The number of hydrogen-bond donors (Lipinski definition) is 2. The molecule has 0 bridgehead atoms. The highest BCUT2D eigenvalue weighted by atomic mass is 16.6. The fraction of sp³-hybridized carbons (Fsp3) is 0.571. The van der Waals surface area contributed by atoms with Crippen molar-refractivity contribution in [2.24, 2.45) is 0 Å². The highest BCUT2D eigenvalue weighted by Gasteiger charge is 1.98. The van der Waals surface area contributed by atoms with Crippen LogP contribution in [-0.2, 0) is 9.53 Å². The average Bonchev–Trinajstić information content (AvgIpc) is 1.97. The van der Waals surface area contributed by atoms with Crippen molar-refractivity contribution in [3.63, 3.8) is 0 Å². The fourth-order valence-electron chi connectivity index (χ4n) is 0.452. The first-order chi connectivity index (χ1) is 5.18. The maximum atomic E-state index is 10.8. The molecular formula is C7H13NO3. The predicted molar refractivity (Wildman–Crippen MR) is 40.9 cm³/mol. The molecule has 0 rings (SSSR count). The zero-order valence-corrected chi connectivity index (χ0v) is 6.59. The molecule has 4 nitrogen and oxygen atoms in total. The lowest BCUT2D eigenvalue weighted by molar-refractivity contribution is -0.117. The van der Waals surface area contributed by atoms with E-state index in [0.717, 1.165) is 0 Å². The molecule has 64 valence electrons. The molecule has 0 saturated heterocycles. The molecule has 0 atom stereocenters. The first kappa shape index (κ1) is 10.1. The molecular weight excluding hydrogens is 146 g/mol. The highest BCUT2D eigenvalue weighted by molar-refractivity contribution is 5.91. The van der Waals surface area contributed by atoms with Gasteiger partial charge < -0.3 is 15.2 Å². The van der Waals surface area contributed by atoms with Gasteiger partial charge in [-0.1, -0.05) is 6.58 Å². The molecule has 0 aliphatic rings. The van der Waals surface area contributed by atoms with Gasteiger partial charge in [0.1, 0.15) is 6.79 Å². The largest absolute Gasteiger partial charge is 0.371 e. The number of rotatable bonds is 5. The molecule has 0 saturated carbocycles. The summed E-state index contributed by atoms with van der Waals surface area (Å²) in [4.78, 5) is 10.8. The van der Waals surface area contributed by atoms with E-state index in [1.54, 1.807) is 6.92 Å². The molecule has 0 radical (unpaired) electrons. The molecule has 0 unspecified atom stereocenters. The molecule has 0 fully saturated rings. The quantitative estimate of drug-likeness (QED) is 0.327. The van der Waals surface area contributed by atoms with Crippen molar-refractivity contribution in [1.29, 1.82) is 0 Å². The van der Waals surface area contributed by atoms with Crippen molar-refractivity contribution in [3.05, 3.63) is 12.2 Å². The number of carbonyl (C=O) groups is 1. The van der Waals surface area contributed by atoms with Gasteiger partial charge in [0.25, 0.3) is 0 Å². The summed E-state index contributed by atoms with van der Waals surface area (Å²) in [6, 6.07) is 0. The van der Waals surface area contributed by atoms with Crippen molar-refractivity contribution in [1.82, 2.24) is 5.32 Å². The topological polar surface area (TPSA) is 58.6 Å². The maximum absolute atomic E-state index is 10.8. The molecule has 11 heavy (non-hydrogen) atoms. The third kappa shape index (κ3) is 5.57. The van der Waals surface area contributed by atoms with Crippen molar-refractivity contribution < 1.29 is 14.6 Å². The van der Waals surface area contributed by atoms with E-state index < -0.39 is 0 Å². The summed E-state index contributed by atoms with van der Waals surface area (Å²) in [7, 11) is 0. The summed E-state index contributed by atoms with van der Waals surface area (Å²) in [5.41, 5.74) is 0.467. The van der Waals surface area contributed by atoms with E-state index in [4.69, 9.17) is 5.11 Å². The van der Waals surface area contributed by atoms with Crippen molar-refractivity contribution in [3.8, 4) is 0 Å². The second-order valence-corrected chi connectivity index (χ2v) is 2.07. The van der Waals surface area contributed by atoms with Gasteiger partial charge in [0, 0.05) is 12.1 Å². The third-order valence-corrected chi connectivity index (χ3v) is 1.01. The van der Waals surface area contributed by atoms with Gasteiger partial charge in [0.15, 0.2) is 0 Å². The molecule has 0 aromatic carbocycles. The Kier molecular flexibility index (Phi) is 5.42. The molecule has 0 aliphatic heterocycles. The summed E-state index contributed by atoms with van der Waals surface area (Å²) in [5, 5.41) is 10.7. The van der Waals surface area contributed by atoms with Crippen molar-refractivity contribution in [2.45, 2.75) is 6.92 Å². The Labute approximate surface area is 65.9 Å². The van der Waals surface area contributed by atoms with Gasteiger partial charge in [-0.3, -0.25) is 4.79 Å². The standard InChI is InChI=1S/C7H13NO3/c1-6(2)7(10)8-3-4-11-5-9/h9H,1,3-5H2,2H3,(H,8,10). The lowest BCUT2D eigenvalue weighted by atomic mass is 10.3. The number of hydrogen-bond acceptors (Lipinski definition) is 3. The average molecular weight is 159 g/mol. The predicted octanol–water partition coefficient (Wildman–Crippen LogP) is -0.355. The van der Waals surface area contributed by atoms with E-state index in [2.05, 4.69) is 16.6 Å². The Hall–Kier alpha value is -0.870. The summed E-state index contributed by atoms with van der Waals surface area (Å²) < 4.78 is 4.57. The molecule has 0 aliphatic carbocycles. The van der Waals surface area contributed by atoms with Crippen LogP contribution in [0, 0.1) is 0 Å². The SMILES string of the molecule is C=C(C)C(=O)NCCOCO. The second-order valence-electron chi connectivity index (χ2n) is 2.07. The Morgan fingerprint density at radius 2 is 2.36 bits per heavy atom. The number of aliphatic hydroxyl groups excluding tert-OH is 1. The number of nitrogens with one attached hydrogen (secondary N) is 1.